The lowest BCUT2D eigenvalue weighted by atomic mass is 9.64. The number of ether oxygens (including phenoxy) is 4. The summed E-state index contributed by atoms with van der Waals surface area (Å²) in [7, 11) is 7.49. The van der Waals surface area contributed by atoms with Gasteiger partial charge in [-0.2, -0.15) is 0 Å². The Kier molecular flexibility index (Phi) is 17.1. The first-order valence-corrected chi connectivity index (χ1v) is 17.6. The molecule has 0 aromatic rings. The molecule has 4 fully saturated rings. The Morgan fingerprint density at radius 1 is 0.475 bits per heavy atom. The smallest absolute Gasteiger partial charge is 0.0543 e. The van der Waals surface area contributed by atoms with Gasteiger partial charge in [0.25, 0.3) is 0 Å². The Bertz CT molecular complexity index is 568. The second-order valence-corrected chi connectivity index (χ2v) is 14.3. The largest absolute Gasteiger partial charge is 0.384 e. The topological polar surface area (TPSA) is 36.9 Å². The van der Waals surface area contributed by atoms with Gasteiger partial charge in [0.1, 0.15) is 0 Å². The van der Waals surface area contributed by atoms with Crippen molar-refractivity contribution in [1.82, 2.24) is 0 Å². The van der Waals surface area contributed by atoms with Gasteiger partial charge in [-0.15, -0.1) is 0 Å². The molecule has 0 spiro atoms. The fourth-order valence-electron chi connectivity index (χ4n) is 9.55. The average molecular weight is 565 g/mol. The van der Waals surface area contributed by atoms with E-state index in [0.717, 1.165) is 61.9 Å². The first-order valence-electron chi connectivity index (χ1n) is 17.6. The molecule has 236 valence electrons. The normalized spacial score (nSPS) is 24.3. The standard InChI is InChI=1S/2C18H34O2/c1-19-14-18(15-20-2,17-11-7-4-8-12-17)13-16-9-5-3-6-10-16;1-19-13-17(15-9-5-3-6-10-15)18(14-20-2)16-11-7-4-8-12-16/h16-17H,3-15H2,1-2H3;15-18H,3-14H2,1-2H3. The quantitative estimate of drug-likeness (QED) is 0.210. The highest BCUT2D eigenvalue weighted by Gasteiger charge is 2.41. The highest BCUT2D eigenvalue weighted by atomic mass is 16.5. The first-order chi connectivity index (χ1) is 19.7. The number of rotatable bonds is 14. The third kappa shape index (κ3) is 10.8. The zero-order valence-corrected chi connectivity index (χ0v) is 27.3. The van der Waals surface area contributed by atoms with E-state index in [0.29, 0.717) is 0 Å². The lowest BCUT2D eigenvalue weighted by Crippen LogP contribution is -2.42. The second kappa shape index (κ2) is 19.9. The van der Waals surface area contributed by atoms with Gasteiger partial charge in [0.05, 0.1) is 13.2 Å². The lowest BCUT2D eigenvalue weighted by Gasteiger charge is -2.44. The fraction of sp³-hybridized carbons (Fsp3) is 1.00. The molecule has 0 saturated heterocycles. The van der Waals surface area contributed by atoms with Crippen LogP contribution in [0.4, 0.5) is 0 Å². The molecule has 2 unspecified atom stereocenters. The van der Waals surface area contributed by atoms with Crippen molar-refractivity contribution in [2.45, 2.75) is 135 Å². The Balaban J connectivity index is 0.000000220. The summed E-state index contributed by atoms with van der Waals surface area (Å²) in [5, 5.41) is 0. The van der Waals surface area contributed by atoms with Crippen LogP contribution in [0.15, 0.2) is 0 Å². The number of hydrogen-bond donors (Lipinski definition) is 0. The SMILES string of the molecule is COCC(C1CCCCC1)C(COC)C1CCCCC1.COCC(COC)(CC1CCCCC1)C1CCCCC1. The van der Waals surface area contributed by atoms with E-state index in [1.54, 1.807) is 0 Å². The molecule has 4 heteroatoms. The van der Waals surface area contributed by atoms with Gasteiger partial charge < -0.3 is 18.9 Å². The molecular weight excluding hydrogens is 496 g/mol. The maximum Gasteiger partial charge on any atom is 0.0543 e. The Morgan fingerprint density at radius 3 is 1.23 bits per heavy atom. The van der Waals surface area contributed by atoms with Crippen molar-refractivity contribution in [1.29, 1.82) is 0 Å². The van der Waals surface area contributed by atoms with Gasteiger partial charge in [0.2, 0.25) is 0 Å². The molecule has 4 aliphatic rings. The van der Waals surface area contributed by atoms with Crippen LogP contribution in [0.3, 0.4) is 0 Å². The van der Waals surface area contributed by atoms with Gasteiger partial charge in [-0.1, -0.05) is 116 Å². The predicted molar refractivity (Wildman–Crippen MR) is 168 cm³/mol. The molecule has 4 rings (SSSR count). The predicted octanol–water partition coefficient (Wildman–Crippen LogP) is 9.49. The van der Waals surface area contributed by atoms with Crippen LogP contribution in [0.5, 0.6) is 0 Å². The van der Waals surface area contributed by atoms with E-state index in [2.05, 4.69) is 0 Å². The summed E-state index contributed by atoms with van der Waals surface area (Å²) in [4.78, 5) is 0. The summed E-state index contributed by atoms with van der Waals surface area (Å²) >= 11 is 0. The third-order valence-corrected chi connectivity index (χ3v) is 11.5. The monoisotopic (exact) mass is 565 g/mol. The van der Waals surface area contributed by atoms with Crippen molar-refractivity contribution < 1.29 is 18.9 Å². The van der Waals surface area contributed by atoms with Crippen LogP contribution in [-0.2, 0) is 18.9 Å². The summed E-state index contributed by atoms with van der Waals surface area (Å²) in [5.74, 6) is 4.94. The summed E-state index contributed by atoms with van der Waals surface area (Å²) in [6.07, 6.45) is 29.8. The summed E-state index contributed by atoms with van der Waals surface area (Å²) in [5.41, 5.74) is 0.284. The van der Waals surface area contributed by atoms with Gasteiger partial charge in [-0.05, 0) is 54.8 Å². The highest BCUT2D eigenvalue weighted by Crippen LogP contribution is 2.46. The van der Waals surface area contributed by atoms with Crippen LogP contribution in [0.25, 0.3) is 0 Å². The number of methoxy groups -OCH3 is 4. The molecule has 4 nitrogen and oxygen atoms in total. The molecule has 2 atom stereocenters. The van der Waals surface area contributed by atoms with Crippen molar-refractivity contribution in [2.24, 2.45) is 40.9 Å². The van der Waals surface area contributed by atoms with Gasteiger partial charge in [-0.3, -0.25) is 0 Å². The molecule has 4 aliphatic carbocycles. The molecular formula is C36H68O4. The lowest BCUT2D eigenvalue weighted by molar-refractivity contribution is -0.0583. The van der Waals surface area contributed by atoms with Crippen molar-refractivity contribution in [2.75, 3.05) is 54.9 Å². The first kappa shape index (κ1) is 34.3. The molecule has 0 heterocycles. The van der Waals surface area contributed by atoms with Crippen molar-refractivity contribution in [3.63, 3.8) is 0 Å². The Morgan fingerprint density at radius 2 is 0.850 bits per heavy atom. The Labute approximate surface area is 249 Å². The van der Waals surface area contributed by atoms with Crippen LogP contribution in [0.1, 0.15) is 135 Å². The number of hydrogen-bond acceptors (Lipinski definition) is 4. The molecule has 0 bridgehead atoms. The molecule has 40 heavy (non-hydrogen) atoms. The average Bonchev–Trinajstić information content (AvgIpc) is 3.01. The summed E-state index contributed by atoms with van der Waals surface area (Å²) in [6, 6.07) is 0. The van der Waals surface area contributed by atoms with Crippen LogP contribution in [0, 0.1) is 40.9 Å². The van der Waals surface area contributed by atoms with E-state index in [4.69, 9.17) is 18.9 Å². The van der Waals surface area contributed by atoms with Crippen LogP contribution >= 0.6 is 0 Å². The molecule has 4 saturated carbocycles. The maximum atomic E-state index is 5.67. The maximum absolute atomic E-state index is 5.67. The van der Waals surface area contributed by atoms with Crippen LogP contribution in [-0.4, -0.2) is 54.9 Å². The van der Waals surface area contributed by atoms with Gasteiger partial charge in [0, 0.05) is 47.1 Å². The minimum atomic E-state index is 0.284. The van der Waals surface area contributed by atoms with Crippen molar-refractivity contribution in [3.8, 4) is 0 Å². The molecule has 0 amide bonds. The minimum absolute atomic E-state index is 0.284. The molecule has 0 radical (unpaired) electrons. The molecule has 0 N–H and O–H groups in total. The second-order valence-electron chi connectivity index (χ2n) is 14.3. The molecule has 0 aromatic carbocycles. The third-order valence-electron chi connectivity index (χ3n) is 11.5. The van der Waals surface area contributed by atoms with E-state index in [9.17, 15) is 0 Å². The molecule has 0 aromatic heterocycles. The van der Waals surface area contributed by atoms with E-state index in [1.165, 1.54) is 135 Å². The summed E-state index contributed by atoms with van der Waals surface area (Å²) < 4.78 is 22.6. The van der Waals surface area contributed by atoms with E-state index < -0.39 is 0 Å². The fourth-order valence-corrected chi connectivity index (χ4v) is 9.55. The van der Waals surface area contributed by atoms with E-state index in [-0.39, 0.29) is 5.41 Å². The van der Waals surface area contributed by atoms with E-state index >= 15 is 0 Å². The van der Waals surface area contributed by atoms with Crippen LogP contribution < -0.4 is 0 Å². The summed E-state index contributed by atoms with van der Waals surface area (Å²) in [6.45, 7) is 3.66. The van der Waals surface area contributed by atoms with Crippen LogP contribution in [0.2, 0.25) is 0 Å². The zero-order chi connectivity index (χ0) is 28.5. The molecule has 0 aliphatic heterocycles. The Hall–Kier alpha value is -0.160. The van der Waals surface area contributed by atoms with E-state index in [1.807, 2.05) is 28.4 Å². The van der Waals surface area contributed by atoms with Crippen molar-refractivity contribution in [3.05, 3.63) is 0 Å². The van der Waals surface area contributed by atoms with Gasteiger partial charge in [0.15, 0.2) is 0 Å². The highest BCUT2D eigenvalue weighted by molar-refractivity contribution is 4.91. The van der Waals surface area contributed by atoms with Gasteiger partial charge >= 0.3 is 0 Å². The zero-order valence-electron chi connectivity index (χ0n) is 27.3. The van der Waals surface area contributed by atoms with Crippen molar-refractivity contribution >= 4 is 0 Å². The minimum Gasteiger partial charge on any atom is -0.384 e. The van der Waals surface area contributed by atoms with Gasteiger partial charge in [-0.25, -0.2) is 0 Å².